The Morgan fingerprint density at radius 2 is 1.88 bits per heavy atom. The highest BCUT2D eigenvalue weighted by atomic mass is 16.4. The van der Waals surface area contributed by atoms with Crippen molar-refractivity contribution in [3.63, 3.8) is 0 Å². The molecule has 3 nitrogen and oxygen atoms in total. The number of carbonyl (C=O) groups is 1. The Hall–Kier alpha value is -2.57. The van der Waals surface area contributed by atoms with E-state index in [0.29, 0.717) is 6.54 Å². The lowest BCUT2D eigenvalue weighted by Gasteiger charge is -2.28. The van der Waals surface area contributed by atoms with E-state index in [9.17, 15) is 9.90 Å². The predicted molar refractivity (Wildman–Crippen MR) is 100 cm³/mol. The molecule has 0 aromatic heterocycles. The van der Waals surface area contributed by atoms with E-state index in [1.807, 2.05) is 36.4 Å². The molecule has 0 radical (unpaired) electrons. The third-order valence-electron chi connectivity index (χ3n) is 4.82. The first kappa shape index (κ1) is 17.3. The maximum absolute atomic E-state index is 11.3. The number of nitrogens with one attached hydrogen (secondary N) is 1. The van der Waals surface area contributed by atoms with Crippen molar-refractivity contribution in [1.29, 1.82) is 0 Å². The molecule has 2 atom stereocenters. The quantitative estimate of drug-likeness (QED) is 0.837. The van der Waals surface area contributed by atoms with Gasteiger partial charge in [-0.3, -0.25) is 4.79 Å². The minimum Gasteiger partial charge on any atom is -0.481 e. The van der Waals surface area contributed by atoms with Gasteiger partial charge < -0.3 is 10.4 Å². The lowest BCUT2D eigenvalue weighted by atomic mass is 9.83. The molecule has 128 valence electrons. The number of hydrogen-bond donors (Lipinski definition) is 2. The molecule has 2 N–H and O–H groups in total. The van der Waals surface area contributed by atoms with E-state index in [2.05, 4.69) is 35.4 Å². The standard InChI is InChI=1S/C22H23NO2/c24-22(25)21-16-23-15-14-19(21)12-5-4-10-18-11-6-7-13-20(18)17-8-2-1-3-9-17/h1-3,6-9,11,13,19,21,23H,5,12,14-16H2,(H,24,25)/t19-,21+/m1/s1. The molecule has 1 saturated heterocycles. The molecular weight excluding hydrogens is 310 g/mol. The van der Waals surface area contributed by atoms with Crippen molar-refractivity contribution < 1.29 is 9.90 Å². The fraction of sp³-hybridized carbons (Fsp3) is 0.318. The number of benzene rings is 2. The van der Waals surface area contributed by atoms with Gasteiger partial charge in [-0.1, -0.05) is 60.4 Å². The molecule has 0 aliphatic carbocycles. The summed E-state index contributed by atoms with van der Waals surface area (Å²) in [6, 6.07) is 18.4. The van der Waals surface area contributed by atoms with Crippen molar-refractivity contribution in [3.8, 4) is 23.0 Å². The fourth-order valence-corrected chi connectivity index (χ4v) is 3.42. The van der Waals surface area contributed by atoms with Crippen molar-refractivity contribution in [2.24, 2.45) is 11.8 Å². The molecule has 3 heteroatoms. The van der Waals surface area contributed by atoms with Gasteiger partial charge in [-0.2, -0.15) is 0 Å². The van der Waals surface area contributed by atoms with Gasteiger partial charge in [0.25, 0.3) is 0 Å². The topological polar surface area (TPSA) is 49.3 Å². The van der Waals surface area contributed by atoms with Gasteiger partial charge >= 0.3 is 5.97 Å². The number of hydrogen-bond acceptors (Lipinski definition) is 2. The van der Waals surface area contributed by atoms with E-state index < -0.39 is 5.97 Å². The van der Waals surface area contributed by atoms with Crippen LogP contribution in [0.25, 0.3) is 11.1 Å². The van der Waals surface area contributed by atoms with Gasteiger partial charge in [0.2, 0.25) is 0 Å². The molecular formula is C22H23NO2. The average molecular weight is 333 g/mol. The van der Waals surface area contributed by atoms with E-state index in [0.717, 1.165) is 42.5 Å². The zero-order valence-electron chi connectivity index (χ0n) is 14.2. The van der Waals surface area contributed by atoms with Crippen LogP contribution in [0.3, 0.4) is 0 Å². The van der Waals surface area contributed by atoms with Crippen LogP contribution in [-0.2, 0) is 4.79 Å². The molecule has 1 fully saturated rings. The molecule has 1 aliphatic rings. The van der Waals surface area contributed by atoms with Gasteiger partial charge in [-0.05, 0) is 42.5 Å². The highest BCUT2D eigenvalue weighted by molar-refractivity contribution is 5.71. The third kappa shape index (κ3) is 4.49. The maximum Gasteiger partial charge on any atom is 0.308 e. The summed E-state index contributed by atoms with van der Waals surface area (Å²) in [6.07, 6.45) is 2.50. The Morgan fingerprint density at radius 3 is 2.68 bits per heavy atom. The zero-order chi connectivity index (χ0) is 17.5. The second-order valence-corrected chi connectivity index (χ2v) is 6.45. The maximum atomic E-state index is 11.3. The molecule has 2 aromatic carbocycles. The Morgan fingerprint density at radius 1 is 1.12 bits per heavy atom. The Balaban J connectivity index is 1.67. The van der Waals surface area contributed by atoms with Gasteiger partial charge in [0, 0.05) is 18.5 Å². The van der Waals surface area contributed by atoms with Crippen LogP contribution < -0.4 is 5.32 Å². The van der Waals surface area contributed by atoms with E-state index in [1.54, 1.807) is 0 Å². The summed E-state index contributed by atoms with van der Waals surface area (Å²) in [4.78, 5) is 11.3. The fourth-order valence-electron chi connectivity index (χ4n) is 3.42. The molecule has 0 saturated carbocycles. The normalized spacial score (nSPS) is 19.7. The summed E-state index contributed by atoms with van der Waals surface area (Å²) >= 11 is 0. The van der Waals surface area contributed by atoms with E-state index in [-0.39, 0.29) is 11.8 Å². The first-order valence-corrected chi connectivity index (χ1v) is 8.82. The summed E-state index contributed by atoms with van der Waals surface area (Å²) in [7, 11) is 0. The van der Waals surface area contributed by atoms with Crippen LogP contribution in [0.4, 0.5) is 0 Å². The van der Waals surface area contributed by atoms with Crippen LogP contribution in [0.1, 0.15) is 24.8 Å². The molecule has 3 rings (SSSR count). The third-order valence-corrected chi connectivity index (χ3v) is 4.82. The molecule has 1 aliphatic heterocycles. The number of piperidine rings is 1. The van der Waals surface area contributed by atoms with Gasteiger partial charge in [0.1, 0.15) is 0 Å². The van der Waals surface area contributed by atoms with Crippen molar-refractivity contribution in [2.75, 3.05) is 13.1 Å². The highest BCUT2D eigenvalue weighted by Gasteiger charge is 2.29. The van der Waals surface area contributed by atoms with E-state index >= 15 is 0 Å². The van der Waals surface area contributed by atoms with E-state index in [4.69, 9.17) is 0 Å². The largest absolute Gasteiger partial charge is 0.481 e. The number of rotatable bonds is 4. The van der Waals surface area contributed by atoms with Crippen molar-refractivity contribution >= 4 is 5.97 Å². The molecule has 1 heterocycles. The van der Waals surface area contributed by atoms with Crippen molar-refractivity contribution in [1.82, 2.24) is 5.32 Å². The first-order valence-electron chi connectivity index (χ1n) is 8.82. The summed E-state index contributed by atoms with van der Waals surface area (Å²) in [5.74, 6) is 5.78. The summed E-state index contributed by atoms with van der Waals surface area (Å²) < 4.78 is 0. The SMILES string of the molecule is O=C(O)[C@H]1CNCC[C@H]1CCC#Cc1ccccc1-c1ccccc1. The average Bonchev–Trinajstić information content (AvgIpc) is 2.66. The molecule has 25 heavy (non-hydrogen) atoms. The lowest BCUT2D eigenvalue weighted by molar-refractivity contribution is -0.144. The Bertz CT molecular complexity index is 773. The van der Waals surface area contributed by atoms with Gasteiger partial charge in [-0.15, -0.1) is 0 Å². The van der Waals surface area contributed by atoms with Crippen molar-refractivity contribution in [2.45, 2.75) is 19.3 Å². The number of aliphatic carboxylic acids is 1. The summed E-state index contributed by atoms with van der Waals surface area (Å²) in [5.41, 5.74) is 3.33. The van der Waals surface area contributed by atoms with Crippen LogP contribution >= 0.6 is 0 Å². The Kier molecular flexibility index (Phi) is 5.87. The van der Waals surface area contributed by atoms with Crippen molar-refractivity contribution in [3.05, 3.63) is 60.2 Å². The molecule has 0 bridgehead atoms. The smallest absolute Gasteiger partial charge is 0.308 e. The summed E-state index contributed by atoms with van der Waals surface area (Å²) in [5, 5.41) is 12.5. The van der Waals surface area contributed by atoms with Gasteiger partial charge in [0.15, 0.2) is 0 Å². The molecule has 2 aromatic rings. The van der Waals surface area contributed by atoms with Crippen LogP contribution in [0, 0.1) is 23.7 Å². The summed E-state index contributed by atoms with van der Waals surface area (Å²) in [6.45, 7) is 1.48. The zero-order valence-corrected chi connectivity index (χ0v) is 14.2. The minimum absolute atomic E-state index is 0.220. The van der Waals surface area contributed by atoms with Gasteiger partial charge in [0.05, 0.1) is 5.92 Å². The van der Waals surface area contributed by atoms with Crippen LogP contribution in [-0.4, -0.2) is 24.2 Å². The minimum atomic E-state index is -0.695. The molecule has 0 amide bonds. The van der Waals surface area contributed by atoms with E-state index in [1.165, 1.54) is 0 Å². The molecule has 0 spiro atoms. The second kappa shape index (κ2) is 8.50. The van der Waals surface area contributed by atoms with Crippen LogP contribution in [0.5, 0.6) is 0 Å². The van der Waals surface area contributed by atoms with Gasteiger partial charge in [-0.25, -0.2) is 0 Å². The monoisotopic (exact) mass is 333 g/mol. The Labute approximate surface area is 149 Å². The number of carboxylic acids is 1. The first-order chi connectivity index (χ1) is 12.3. The predicted octanol–water partition coefficient (Wildman–Crippen LogP) is 3.80. The second-order valence-electron chi connectivity index (χ2n) is 6.45. The highest BCUT2D eigenvalue weighted by Crippen LogP contribution is 2.25. The van der Waals surface area contributed by atoms with Crippen LogP contribution in [0.15, 0.2) is 54.6 Å². The number of carboxylic acid groups (broad SMARTS) is 1. The van der Waals surface area contributed by atoms with Crippen LogP contribution in [0.2, 0.25) is 0 Å². The molecule has 0 unspecified atom stereocenters. The lowest BCUT2D eigenvalue weighted by Crippen LogP contribution is -2.40.